The van der Waals surface area contributed by atoms with Gasteiger partial charge in [-0.1, -0.05) is 12.1 Å². The Morgan fingerprint density at radius 3 is 2.48 bits per heavy atom. The molecule has 0 aliphatic heterocycles. The summed E-state index contributed by atoms with van der Waals surface area (Å²) in [6.07, 6.45) is 3.27. The van der Waals surface area contributed by atoms with E-state index >= 15 is 0 Å². The molecule has 0 atom stereocenters. The number of carbonyl (C=O) groups excluding carboxylic acids is 1. The van der Waals surface area contributed by atoms with Gasteiger partial charge in [-0.25, -0.2) is 9.07 Å². The van der Waals surface area contributed by atoms with E-state index in [9.17, 15) is 9.18 Å². The van der Waals surface area contributed by atoms with E-state index in [1.165, 1.54) is 18.2 Å². The summed E-state index contributed by atoms with van der Waals surface area (Å²) < 4.78 is 14.9. The molecule has 1 aromatic heterocycles. The lowest BCUT2D eigenvalue weighted by atomic mass is 10.1. The second kappa shape index (κ2) is 7.58. The SMILES string of the molecule is Cc1ccc(C)c(NC(=O)/C=C/c2c(C)nn(-c3ccc(F)cc3)c2C)c1. The molecule has 0 spiro atoms. The van der Waals surface area contributed by atoms with Crippen molar-refractivity contribution in [2.24, 2.45) is 0 Å². The van der Waals surface area contributed by atoms with Crippen LogP contribution in [-0.4, -0.2) is 15.7 Å². The van der Waals surface area contributed by atoms with Crippen LogP contribution in [0.4, 0.5) is 10.1 Å². The minimum Gasteiger partial charge on any atom is -0.322 e. The number of amides is 1. The molecule has 0 aliphatic carbocycles. The molecule has 5 heteroatoms. The largest absolute Gasteiger partial charge is 0.322 e. The first kappa shape index (κ1) is 18.6. The van der Waals surface area contributed by atoms with Crippen molar-refractivity contribution in [2.75, 3.05) is 5.32 Å². The Morgan fingerprint density at radius 1 is 1.07 bits per heavy atom. The first-order valence-electron chi connectivity index (χ1n) is 8.73. The summed E-state index contributed by atoms with van der Waals surface area (Å²) in [5.74, 6) is -0.486. The van der Waals surface area contributed by atoms with Crippen molar-refractivity contribution in [1.82, 2.24) is 9.78 Å². The van der Waals surface area contributed by atoms with Crippen LogP contribution < -0.4 is 5.32 Å². The fourth-order valence-electron chi connectivity index (χ4n) is 2.93. The molecule has 0 saturated heterocycles. The van der Waals surface area contributed by atoms with Crippen LogP contribution in [0.2, 0.25) is 0 Å². The van der Waals surface area contributed by atoms with Crippen LogP contribution in [0.25, 0.3) is 11.8 Å². The number of carbonyl (C=O) groups is 1. The fraction of sp³-hybridized carbons (Fsp3) is 0.182. The summed E-state index contributed by atoms with van der Waals surface area (Å²) in [7, 11) is 0. The summed E-state index contributed by atoms with van der Waals surface area (Å²) in [6.45, 7) is 7.75. The number of aromatic nitrogens is 2. The van der Waals surface area contributed by atoms with Crippen LogP contribution in [0.3, 0.4) is 0 Å². The van der Waals surface area contributed by atoms with Gasteiger partial charge >= 0.3 is 0 Å². The summed E-state index contributed by atoms with van der Waals surface area (Å²) >= 11 is 0. The Labute approximate surface area is 158 Å². The summed E-state index contributed by atoms with van der Waals surface area (Å²) in [5, 5.41) is 7.42. The van der Waals surface area contributed by atoms with E-state index in [0.717, 1.165) is 39.5 Å². The van der Waals surface area contributed by atoms with Gasteiger partial charge in [-0.05, 0) is 75.2 Å². The number of rotatable bonds is 4. The highest BCUT2D eigenvalue weighted by molar-refractivity contribution is 6.02. The number of anilines is 1. The molecule has 138 valence electrons. The van der Waals surface area contributed by atoms with Crippen molar-refractivity contribution in [2.45, 2.75) is 27.7 Å². The van der Waals surface area contributed by atoms with E-state index in [1.54, 1.807) is 22.9 Å². The van der Waals surface area contributed by atoms with Crippen LogP contribution in [-0.2, 0) is 4.79 Å². The number of hydrogen-bond donors (Lipinski definition) is 1. The fourth-order valence-corrected chi connectivity index (χ4v) is 2.93. The molecular formula is C22H22FN3O. The van der Waals surface area contributed by atoms with Crippen LogP contribution in [0.5, 0.6) is 0 Å². The molecular weight excluding hydrogens is 341 g/mol. The molecule has 4 nitrogen and oxygen atoms in total. The minimum atomic E-state index is -0.288. The van der Waals surface area contributed by atoms with Gasteiger partial charge in [0, 0.05) is 23.0 Å². The zero-order valence-corrected chi connectivity index (χ0v) is 15.9. The van der Waals surface area contributed by atoms with Gasteiger partial charge in [-0.3, -0.25) is 4.79 Å². The van der Waals surface area contributed by atoms with E-state index in [1.807, 2.05) is 45.9 Å². The van der Waals surface area contributed by atoms with Gasteiger partial charge in [0.2, 0.25) is 5.91 Å². The van der Waals surface area contributed by atoms with Crippen molar-refractivity contribution in [3.8, 4) is 5.69 Å². The van der Waals surface area contributed by atoms with E-state index in [0.29, 0.717) is 0 Å². The zero-order chi connectivity index (χ0) is 19.6. The van der Waals surface area contributed by atoms with Crippen LogP contribution >= 0.6 is 0 Å². The van der Waals surface area contributed by atoms with Crippen molar-refractivity contribution in [3.05, 3.63) is 82.4 Å². The third-order valence-electron chi connectivity index (χ3n) is 4.47. The summed E-state index contributed by atoms with van der Waals surface area (Å²) in [6, 6.07) is 12.1. The topological polar surface area (TPSA) is 46.9 Å². The molecule has 0 saturated carbocycles. The Morgan fingerprint density at radius 2 is 1.78 bits per heavy atom. The van der Waals surface area contributed by atoms with Crippen molar-refractivity contribution in [3.63, 3.8) is 0 Å². The third-order valence-corrected chi connectivity index (χ3v) is 4.47. The maximum absolute atomic E-state index is 13.1. The molecule has 3 rings (SSSR count). The van der Waals surface area contributed by atoms with Gasteiger partial charge in [0.05, 0.1) is 11.4 Å². The molecule has 0 aliphatic rings. The Bertz CT molecular complexity index is 1020. The lowest BCUT2D eigenvalue weighted by Crippen LogP contribution is -2.09. The normalized spacial score (nSPS) is 11.1. The first-order valence-corrected chi connectivity index (χ1v) is 8.73. The molecule has 1 amide bonds. The van der Waals surface area contributed by atoms with E-state index in [4.69, 9.17) is 0 Å². The third kappa shape index (κ3) is 4.14. The van der Waals surface area contributed by atoms with Gasteiger partial charge in [0.25, 0.3) is 0 Å². The van der Waals surface area contributed by atoms with Crippen LogP contribution in [0, 0.1) is 33.5 Å². The molecule has 1 heterocycles. The van der Waals surface area contributed by atoms with Crippen molar-refractivity contribution in [1.29, 1.82) is 0 Å². The van der Waals surface area contributed by atoms with Gasteiger partial charge in [0.1, 0.15) is 5.82 Å². The Kier molecular flexibility index (Phi) is 5.21. The van der Waals surface area contributed by atoms with E-state index < -0.39 is 0 Å². The average Bonchev–Trinajstić information content (AvgIpc) is 2.91. The molecule has 27 heavy (non-hydrogen) atoms. The highest BCUT2D eigenvalue weighted by Crippen LogP contribution is 2.20. The lowest BCUT2D eigenvalue weighted by Gasteiger charge is -2.07. The molecule has 0 fully saturated rings. The maximum atomic E-state index is 13.1. The molecule has 1 N–H and O–H groups in total. The summed E-state index contributed by atoms with van der Waals surface area (Å²) in [4.78, 5) is 12.3. The lowest BCUT2D eigenvalue weighted by molar-refractivity contribution is -0.111. The number of halogens is 1. The number of benzene rings is 2. The molecule has 0 radical (unpaired) electrons. The van der Waals surface area contributed by atoms with Crippen molar-refractivity contribution >= 4 is 17.7 Å². The Hall–Kier alpha value is -3.21. The minimum absolute atomic E-state index is 0.197. The molecule has 2 aromatic carbocycles. The number of nitrogens with one attached hydrogen (secondary N) is 1. The number of hydrogen-bond acceptors (Lipinski definition) is 2. The average molecular weight is 363 g/mol. The second-order valence-corrected chi connectivity index (χ2v) is 6.61. The zero-order valence-electron chi connectivity index (χ0n) is 15.9. The highest BCUT2D eigenvalue weighted by atomic mass is 19.1. The molecule has 0 bridgehead atoms. The first-order chi connectivity index (χ1) is 12.8. The molecule has 0 unspecified atom stereocenters. The Balaban J connectivity index is 1.82. The van der Waals surface area contributed by atoms with E-state index in [2.05, 4.69) is 10.4 Å². The van der Waals surface area contributed by atoms with Gasteiger partial charge in [-0.2, -0.15) is 5.10 Å². The van der Waals surface area contributed by atoms with E-state index in [-0.39, 0.29) is 11.7 Å². The smallest absolute Gasteiger partial charge is 0.248 e. The number of nitrogens with zero attached hydrogens (tertiary/aromatic N) is 2. The highest BCUT2D eigenvalue weighted by Gasteiger charge is 2.11. The second-order valence-electron chi connectivity index (χ2n) is 6.61. The van der Waals surface area contributed by atoms with Crippen molar-refractivity contribution < 1.29 is 9.18 Å². The van der Waals surface area contributed by atoms with Gasteiger partial charge in [0.15, 0.2) is 0 Å². The van der Waals surface area contributed by atoms with Gasteiger partial charge < -0.3 is 5.32 Å². The predicted octanol–water partition coefficient (Wildman–Crippen LogP) is 4.90. The van der Waals surface area contributed by atoms with Crippen LogP contribution in [0.1, 0.15) is 28.1 Å². The maximum Gasteiger partial charge on any atom is 0.248 e. The quantitative estimate of drug-likeness (QED) is 0.671. The number of aryl methyl sites for hydroxylation is 3. The monoisotopic (exact) mass is 363 g/mol. The van der Waals surface area contributed by atoms with Crippen LogP contribution in [0.15, 0.2) is 48.5 Å². The summed E-state index contributed by atoms with van der Waals surface area (Å²) in [5.41, 5.74) is 6.24. The standard InChI is InChI=1S/C22H22FN3O/c1-14-5-6-15(2)21(13-14)24-22(27)12-11-20-16(3)25-26(17(20)4)19-9-7-18(23)8-10-19/h5-13H,1-4H3,(H,24,27)/b12-11+. The van der Waals surface area contributed by atoms with Gasteiger partial charge in [-0.15, -0.1) is 0 Å². The molecule has 3 aromatic rings. The predicted molar refractivity (Wildman–Crippen MR) is 107 cm³/mol.